The molecule has 3 heterocycles. The van der Waals surface area contributed by atoms with E-state index in [4.69, 9.17) is 17.7 Å². The molecule has 2 fully saturated rings. The van der Waals surface area contributed by atoms with Crippen molar-refractivity contribution in [3.63, 3.8) is 0 Å². The van der Waals surface area contributed by atoms with Crippen LogP contribution in [0, 0.1) is 0 Å². The van der Waals surface area contributed by atoms with Gasteiger partial charge >= 0.3 is 22.8 Å². The maximum Gasteiger partial charge on any atom is 0.335 e. The van der Waals surface area contributed by atoms with Gasteiger partial charge in [0, 0.05) is 17.2 Å². The van der Waals surface area contributed by atoms with Gasteiger partial charge in [-0.25, -0.2) is 4.79 Å². The third kappa shape index (κ3) is 4.59. The molecule has 1 N–H and O–H groups in total. The van der Waals surface area contributed by atoms with Crippen LogP contribution in [0.25, 0.3) is 10.4 Å². The molecule has 4 atom stereocenters. The van der Waals surface area contributed by atoms with E-state index < -0.39 is 52.3 Å². The molecule has 1 aromatic heterocycles. The summed E-state index contributed by atoms with van der Waals surface area (Å²) in [5, 5.41) is 4.13. The molecule has 0 aromatic carbocycles. The van der Waals surface area contributed by atoms with E-state index in [1.165, 1.54) is 16.8 Å². The van der Waals surface area contributed by atoms with Gasteiger partial charge in [-0.3, -0.25) is 14.3 Å². The lowest BCUT2D eigenvalue weighted by Crippen LogP contribution is -2.66. The molecule has 1 aromatic rings. The van der Waals surface area contributed by atoms with E-state index in [9.17, 15) is 15.1 Å². The van der Waals surface area contributed by atoms with Crippen molar-refractivity contribution in [3.8, 4) is 0 Å². The molecule has 0 spiro atoms. The van der Waals surface area contributed by atoms with Gasteiger partial charge in [-0.15, -0.1) is 0 Å². The number of H-pyrrole nitrogens is 1. The Kier molecular flexibility index (Phi) is 7.93. The minimum absolute atomic E-state index is 0.0689. The van der Waals surface area contributed by atoms with Crippen LogP contribution >= 0.6 is 0 Å². The molecule has 0 radical (unpaired) electrons. The normalized spacial score (nSPS) is 30.3. The van der Waals surface area contributed by atoms with Crippen LogP contribution in [-0.4, -0.2) is 51.0 Å². The number of fused-ring (bicyclic) bond motifs is 1. The molecule has 2 aliphatic heterocycles. The minimum atomic E-state index is -3.01. The zero-order valence-corrected chi connectivity index (χ0v) is 24.1. The highest BCUT2D eigenvalue weighted by molar-refractivity contribution is 6.84. The first-order valence-electron chi connectivity index (χ1n) is 12.3. The van der Waals surface area contributed by atoms with Gasteiger partial charge in [0.2, 0.25) is 0 Å². The van der Waals surface area contributed by atoms with Crippen LogP contribution < -0.4 is 11.2 Å². The van der Waals surface area contributed by atoms with Crippen molar-refractivity contribution in [3.05, 3.63) is 43.5 Å². The molecule has 0 amide bonds. The molecule has 0 unspecified atom stereocenters. The van der Waals surface area contributed by atoms with Gasteiger partial charge in [0.15, 0.2) is 6.23 Å². The van der Waals surface area contributed by atoms with Crippen molar-refractivity contribution in [1.82, 2.24) is 9.55 Å². The van der Waals surface area contributed by atoms with Crippen LogP contribution in [0.2, 0.25) is 22.2 Å². The van der Waals surface area contributed by atoms with Gasteiger partial charge < -0.3 is 17.7 Å². The van der Waals surface area contributed by atoms with E-state index in [-0.39, 0.29) is 28.8 Å². The largest absolute Gasteiger partial charge is 0.414 e. The first-order valence-corrected chi connectivity index (χ1v) is 16.2. The molecule has 0 saturated carbocycles. The summed E-state index contributed by atoms with van der Waals surface area (Å²) >= 11 is 0. The first-order chi connectivity index (χ1) is 16.2. The minimum Gasteiger partial charge on any atom is -0.414 e. The quantitative estimate of drug-likeness (QED) is 0.252. The SMILES string of the molecule is CC(C)[Si]1(C(C)C)OC[C@H]2O[C@@H](n3ccc(=O)[nH]c3=O)[C@](C)(N=[N+]=[N-])[C@@H]2O[Si](C(C)C)(C(C)C)O1. The number of azide groups is 1. The Morgan fingerprint density at radius 1 is 1.09 bits per heavy atom. The number of aromatic nitrogens is 2. The number of ether oxygens (including phenoxy) is 1. The fourth-order valence-electron chi connectivity index (χ4n) is 5.50. The predicted octanol–water partition coefficient (Wildman–Crippen LogP) is 4.46. The Balaban J connectivity index is 2.23. The van der Waals surface area contributed by atoms with E-state index in [2.05, 4.69) is 70.4 Å². The molecule has 35 heavy (non-hydrogen) atoms. The summed E-state index contributed by atoms with van der Waals surface area (Å²) in [5.41, 5.74) is 7.51. The molecular formula is C22H39N5O6Si2. The Labute approximate surface area is 208 Å². The Bertz CT molecular complexity index is 1070. The maximum atomic E-state index is 12.7. The molecule has 2 aliphatic rings. The van der Waals surface area contributed by atoms with Crippen molar-refractivity contribution in [1.29, 1.82) is 0 Å². The van der Waals surface area contributed by atoms with Crippen molar-refractivity contribution < 1.29 is 17.7 Å². The molecule has 11 nitrogen and oxygen atoms in total. The number of nitrogens with one attached hydrogen (secondary N) is 1. The summed E-state index contributed by atoms with van der Waals surface area (Å²) in [7, 11) is -5.80. The molecule has 3 rings (SSSR count). The van der Waals surface area contributed by atoms with Crippen LogP contribution in [0.5, 0.6) is 0 Å². The summed E-state index contributed by atoms with van der Waals surface area (Å²) in [5.74, 6) is 0. The van der Waals surface area contributed by atoms with E-state index in [0.717, 1.165) is 0 Å². The second-order valence-corrected chi connectivity index (χ2v) is 19.8. The van der Waals surface area contributed by atoms with E-state index in [1.807, 2.05) is 0 Å². The number of hydrogen-bond donors (Lipinski definition) is 1. The van der Waals surface area contributed by atoms with Crippen molar-refractivity contribution in [2.24, 2.45) is 5.11 Å². The molecular weight excluding hydrogens is 486 g/mol. The summed E-state index contributed by atoms with van der Waals surface area (Å²) in [6.45, 7) is 18.8. The molecule has 0 aliphatic carbocycles. The van der Waals surface area contributed by atoms with E-state index in [0.29, 0.717) is 0 Å². The highest BCUT2D eigenvalue weighted by Gasteiger charge is 2.64. The summed E-state index contributed by atoms with van der Waals surface area (Å²) in [6.07, 6.45) is -0.971. The average Bonchev–Trinajstić information content (AvgIpc) is 2.98. The van der Waals surface area contributed by atoms with Crippen molar-refractivity contribution in [2.45, 2.75) is 108 Å². The summed E-state index contributed by atoms with van der Waals surface area (Å²) in [4.78, 5) is 29.7. The Hall–Kier alpha value is -1.74. The zero-order valence-electron chi connectivity index (χ0n) is 22.1. The van der Waals surface area contributed by atoms with Crippen LogP contribution in [0.15, 0.2) is 27.0 Å². The highest BCUT2D eigenvalue weighted by Crippen LogP contribution is 2.51. The van der Waals surface area contributed by atoms with Gasteiger partial charge in [-0.2, -0.15) is 0 Å². The molecule has 13 heteroatoms. The lowest BCUT2D eigenvalue weighted by atomic mass is 9.93. The van der Waals surface area contributed by atoms with Gasteiger partial charge in [-0.1, -0.05) is 60.5 Å². The van der Waals surface area contributed by atoms with Gasteiger partial charge in [0.1, 0.15) is 11.6 Å². The standard InChI is InChI=1S/C22H39N5O6Si2/c1-13(2)34(14(3)4)30-12-17-19(32-35(33-34,15(5)6)16(7)8)22(9,25-26-23)20(31-17)27-11-10-18(28)24-21(27)29/h10-11,13-17,19-20H,12H2,1-9H3,(H,24,28,29)/t17-,19-,20-,22-/m1/s1. The topological polar surface area (TPSA) is 141 Å². The van der Waals surface area contributed by atoms with Crippen LogP contribution in [0.1, 0.15) is 68.5 Å². The second kappa shape index (κ2) is 9.96. The van der Waals surface area contributed by atoms with Gasteiger partial charge in [-0.05, 0) is 34.6 Å². The smallest absolute Gasteiger partial charge is 0.335 e. The third-order valence-corrected chi connectivity index (χ3v) is 17.6. The monoisotopic (exact) mass is 525 g/mol. The first kappa shape index (κ1) is 27.8. The van der Waals surface area contributed by atoms with Gasteiger partial charge in [0.05, 0.1) is 12.7 Å². The number of hydrogen-bond acceptors (Lipinski definition) is 7. The predicted molar refractivity (Wildman–Crippen MR) is 137 cm³/mol. The summed E-state index contributed by atoms with van der Waals surface area (Å²) in [6, 6.07) is 1.24. The Morgan fingerprint density at radius 2 is 1.66 bits per heavy atom. The van der Waals surface area contributed by atoms with Crippen LogP contribution in [0.4, 0.5) is 0 Å². The number of aromatic amines is 1. The lowest BCUT2D eigenvalue weighted by molar-refractivity contribution is -0.0576. The Morgan fingerprint density at radius 3 is 2.14 bits per heavy atom. The summed E-state index contributed by atoms with van der Waals surface area (Å²) < 4.78 is 28.6. The zero-order chi connectivity index (χ0) is 26.3. The fourth-order valence-corrected chi connectivity index (χ4v) is 16.8. The fraction of sp³-hybridized carbons (Fsp3) is 0.818. The van der Waals surface area contributed by atoms with Crippen molar-refractivity contribution in [2.75, 3.05) is 6.61 Å². The van der Waals surface area contributed by atoms with Crippen LogP contribution in [0.3, 0.4) is 0 Å². The lowest BCUT2D eigenvalue weighted by Gasteiger charge is -2.52. The van der Waals surface area contributed by atoms with Crippen molar-refractivity contribution >= 4 is 17.1 Å². The third-order valence-electron chi connectivity index (χ3n) is 7.40. The van der Waals surface area contributed by atoms with E-state index >= 15 is 0 Å². The average molecular weight is 526 g/mol. The van der Waals surface area contributed by atoms with Gasteiger partial charge in [0.25, 0.3) is 5.56 Å². The maximum absolute atomic E-state index is 12.7. The van der Waals surface area contributed by atoms with Crippen LogP contribution in [-0.2, 0) is 17.7 Å². The number of rotatable bonds is 6. The molecule has 2 saturated heterocycles. The molecule has 0 bridgehead atoms. The molecule has 196 valence electrons. The highest BCUT2D eigenvalue weighted by atomic mass is 28.5. The van der Waals surface area contributed by atoms with E-state index in [1.54, 1.807) is 6.92 Å². The second-order valence-electron chi connectivity index (χ2n) is 11.0. The number of nitrogens with zero attached hydrogens (tertiary/aromatic N) is 4.